The molecule has 0 aromatic heterocycles. The van der Waals surface area contributed by atoms with Crippen LogP contribution in [0.2, 0.25) is 5.02 Å². The van der Waals surface area contributed by atoms with E-state index in [9.17, 15) is 4.79 Å². The number of piperidine rings is 1. The van der Waals surface area contributed by atoms with E-state index in [-0.39, 0.29) is 11.8 Å². The molecular weight excluding hydrogens is 424 g/mol. The Morgan fingerprint density at radius 2 is 1.61 bits per heavy atom. The third-order valence-electron chi connectivity index (χ3n) is 5.68. The molecule has 31 heavy (non-hydrogen) atoms. The largest absolute Gasteiger partial charge is 0.326 e. The van der Waals surface area contributed by atoms with Gasteiger partial charge >= 0.3 is 0 Å². The molecule has 0 aliphatic carbocycles. The van der Waals surface area contributed by atoms with Crippen molar-refractivity contribution in [1.29, 1.82) is 0 Å². The van der Waals surface area contributed by atoms with E-state index in [4.69, 9.17) is 11.6 Å². The number of thioether (sulfide) groups is 1. The molecule has 0 bridgehead atoms. The normalized spacial score (nSPS) is 15.0. The van der Waals surface area contributed by atoms with Crippen LogP contribution in [0.3, 0.4) is 0 Å². The number of carbonyl (C=O) groups excluding carboxylic acids is 1. The van der Waals surface area contributed by atoms with Crippen molar-refractivity contribution in [3.8, 4) is 0 Å². The molecule has 0 saturated carbocycles. The Labute approximate surface area is 193 Å². The molecule has 1 amide bonds. The van der Waals surface area contributed by atoms with E-state index in [1.807, 2.05) is 48.2 Å². The van der Waals surface area contributed by atoms with E-state index in [1.54, 1.807) is 0 Å². The Morgan fingerprint density at radius 1 is 0.935 bits per heavy atom. The van der Waals surface area contributed by atoms with E-state index in [0.717, 1.165) is 54.5 Å². The number of halogens is 1. The number of anilines is 1. The Morgan fingerprint density at radius 3 is 2.32 bits per heavy atom. The molecule has 0 spiro atoms. The second-order valence-electron chi connectivity index (χ2n) is 7.93. The number of hydrogen-bond donors (Lipinski definition) is 1. The molecule has 1 fully saturated rings. The summed E-state index contributed by atoms with van der Waals surface area (Å²) in [5.41, 5.74) is 3.27. The fraction of sp³-hybridized carbons (Fsp3) is 0.269. The minimum absolute atomic E-state index is 0.0656. The Balaban J connectivity index is 1.23. The summed E-state index contributed by atoms with van der Waals surface area (Å²) in [6, 6.07) is 26.6. The fourth-order valence-corrected chi connectivity index (χ4v) is 4.90. The van der Waals surface area contributed by atoms with Crippen LogP contribution in [0.1, 0.15) is 24.0 Å². The lowest BCUT2D eigenvalue weighted by Crippen LogP contribution is -2.37. The summed E-state index contributed by atoms with van der Waals surface area (Å²) >= 11 is 8.10. The molecule has 1 aliphatic heterocycles. The highest BCUT2D eigenvalue weighted by Gasteiger charge is 2.25. The van der Waals surface area contributed by atoms with Crippen molar-refractivity contribution in [2.75, 3.05) is 18.4 Å². The van der Waals surface area contributed by atoms with Gasteiger partial charge in [0.15, 0.2) is 0 Å². The zero-order chi connectivity index (χ0) is 21.5. The Bertz CT molecular complexity index is 986. The van der Waals surface area contributed by atoms with E-state index >= 15 is 0 Å². The average molecular weight is 451 g/mol. The van der Waals surface area contributed by atoms with Crippen LogP contribution in [-0.2, 0) is 17.1 Å². The molecule has 3 aromatic carbocycles. The lowest BCUT2D eigenvalue weighted by atomic mass is 9.95. The van der Waals surface area contributed by atoms with E-state index < -0.39 is 0 Å². The first-order valence-corrected chi connectivity index (χ1v) is 12.1. The quantitative estimate of drug-likeness (QED) is 0.418. The number of likely N-dealkylation sites (tertiary alicyclic amines) is 1. The Hall–Kier alpha value is -2.27. The van der Waals surface area contributed by atoms with Crippen molar-refractivity contribution in [1.82, 2.24) is 4.90 Å². The van der Waals surface area contributed by atoms with Crippen molar-refractivity contribution < 1.29 is 4.79 Å². The first-order valence-electron chi connectivity index (χ1n) is 10.7. The summed E-state index contributed by atoms with van der Waals surface area (Å²) in [6.45, 7) is 2.67. The third kappa shape index (κ3) is 6.36. The summed E-state index contributed by atoms with van der Waals surface area (Å²) in [5, 5.41) is 3.91. The predicted octanol–water partition coefficient (Wildman–Crippen LogP) is 6.48. The van der Waals surface area contributed by atoms with Crippen LogP contribution >= 0.6 is 23.4 Å². The van der Waals surface area contributed by atoms with Gasteiger partial charge in [-0.15, -0.1) is 11.8 Å². The van der Waals surface area contributed by atoms with Crippen LogP contribution in [0.4, 0.5) is 5.69 Å². The van der Waals surface area contributed by atoms with Gasteiger partial charge in [0.05, 0.1) is 0 Å². The van der Waals surface area contributed by atoms with Crippen LogP contribution in [-0.4, -0.2) is 23.9 Å². The molecule has 160 valence electrons. The molecule has 0 radical (unpaired) electrons. The van der Waals surface area contributed by atoms with Crippen LogP contribution in [0, 0.1) is 5.92 Å². The predicted molar refractivity (Wildman–Crippen MR) is 131 cm³/mol. The van der Waals surface area contributed by atoms with Crippen molar-refractivity contribution in [3.05, 3.63) is 95.0 Å². The highest BCUT2D eigenvalue weighted by molar-refractivity contribution is 7.98. The summed E-state index contributed by atoms with van der Waals surface area (Å²) in [7, 11) is 0. The maximum atomic E-state index is 12.7. The minimum Gasteiger partial charge on any atom is -0.326 e. The van der Waals surface area contributed by atoms with Gasteiger partial charge < -0.3 is 5.32 Å². The average Bonchev–Trinajstić information content (AvgIpc) is 2.81. The van der Waals surface area contributed by atoms with Gasteiger partial charge in [-0.05, 0) is 67.4 Å². The maximum absolute atomic E-state index is 12.7. The second kappa shape index (κ2) is 10.9. The van der Waals surface area contributed by atoms with Gasteiger partial charge in [0, 0.05) is 33.8 Å². The maximum Gasteiger partial charge on any atom is 0.227 e. The molecule has 0 unspecified atom stereocenters. The van der Waals surface area contributed by atoms with Gasteiger partial charge in [-0.2, -0.15) is 0 Å². The van der Waals surface area contributed by atoms with Crippen molar-refractivity contribution >= 4 is 35.0 Å². The molecule has 3 nitrogen and oxygen atoms in total. The summed E-state index contributed by atoms with van der Waals surface area (Å²) in [4.78, 5) is 16.4. The van der Waals surface area contributed by atoms with Gasteiger partial charge in [-0.1, -0.05) is 60.1 Å². The van der Waals surface area contributed by atoms with Gasteiger partial charge in [0.2, 0.25) is 5.91 Å². The number of hydrogen-bond acceptors (Lipinski definition) is 3. The zero-order valence-electron chi connectivity index (χ0n) is 17.5. The number of amides is 1. The van der Waals surface area contributed by atoms with E-state index in [1.165, 1.54) is 10.5 Å². The van der Waals surface area contributed by atoms with Crippen molar-refractivity contribution in [2.24, 2.45) is 5.92 Å². The SMILES string of the molecule is O=C(Nc1ccc(CSc2ccccc2)cc1)C1CCN(Cc2ccccc2Cl)CC1. The summed E-state index contributed by atoms with van der Waals surface area (Å²) in [6.07, 6.45) is 1.75. The standard InChI is InChI=1S/C26H27ClN2OS/c27-25-9-5-4-6-22(25)18-29-16-14-21(15-17-29)26(30)28-23-12-10-20(11-13-23)19-31-24-7-2-1-3-8-24/h1-13,21H,14-19H2,(H,28,30). The molecule has 0 atom stereocenters. The number of carbonyl (C=O) groups is 1. The molecule has 5 heteroatoms. The smallest absolute Gasteiger partial charge is 0.227 e. The molecule has 1 saturated heterocycles. The molecule has 4 rings (SSSR count). The van der Waals surface area contributed by atoms with Crippen LogP contribution in [0.25, 0.3) is 0 Å². The number of rotatable bonds is 7. The number of nitrogens with one attached hydrogen (secondary N) is 1. The zero-order valence-corrected chi connectivity index (χ0v) is 19.0. The monoisotopic (exact) mass is 450 g/mol. The van der Waals surface area contributed by atoms with Gasteiger partial charge in [-0.3, -0.25) is 9.69 Å². The molecule has 3 aromatic rings. The first-order chi connectivity index (χ1) is 15.2. The van der Waals surface area contributed by atoms with E-state index in [2.05, 4.69) is 52.7 Å². The number of nitrogens with zero attached hydrogens (tertiary/aromatic N) is 1. The van der Waals surface area contributed by atoms with Crippen molar-refractivity contribution in [2.45, 2.75) is 30.0 Å². The van der Waals surface area contributed by atoms with Gasteiger partial charge in [0.25, 0.3) is 0 Å². The van der Waals surface area contributed by atoms with Gasteiger partial charge in [0.1, 0.15) is 0 Å². The second-order valence-corrected chi connectivity index (χ2v) is 9.39. The first kappa shape index (κ1) is 21.9. The number of benzene rings is 3. The topological polar surface area (TPSA) is 32.3 Å². The summed E-state index contributed by atoms with van der Waals surface area (Å²) < 4.78 is 0. The van der Waals surface area contributed by atoms with Crippen LogP contribution < -0.4 is 5.32 Å². The highest BCUT2D eigenvalue weighted by atomic mass is 35.5. The summed E-state index contributed by atoms with van der Waals surface area (Å²) in [5.74, 6) is 1.11. The van der Waals surface area contributed by atoms with Crippen LogP contribution in [0.5, 0.6) is 0 Å². The van der Waals surface area contributed by atoms with Gasteiger partial charge in [-0.25, -0.2) is 0 Å². The van der Waals surface area contributed by atoms with Crippen molar-refractivity contribution in [3.63, 3.8) is 0 Å². The van der Waals surface area contributed by atoms with E-state index in [0.29, 0.717) is 0 Å². The molecule has 1 heterocycles. The Kier molecular flexibility index (Phi) is 7.68. The fourth-order valence-electron chi connectivity index (χ4n) is 3.83. The van der Waals surface area contributed by atoms with Crippen LogP contribution in [0.15, 0.2) is 83.8 Å². The lowest BCUT2D eigenvalue weighted by molar-refractivity contribution is -0.121. The molecular formula is C26H27ClN2OS. The molecule has 1 N–H and O–H groups in total. The molecule has 1 aliphatic rings. The third-order valence-corrected chi connectivity index (χ3v) is 7.13. The highest BCUT2D eigenvalue weighted by Crippen LogP contribution is 2.25. The lowest BCUT2D eigenvalue weighted by Gasteiger charge is -2.31. The minimum atomic E-state index is 0.0656.